The van der Waals surface area contributed by atoms with Crippen LogP contribution < -0.4 is 5.56 Å². The van der Waals surface area contributed by atoms with Gasteiger partial charge in [0.05, 0.1) is 24.4 Å². The first kappa shape index (κ1) is 18.2. The molecule has 1 saturated heterocycles. The number of amides is 1. The predicted molar refractivity (Wildman–Crippen MR) is 108 cm³/mol. The Labute approximate surface area is 164 Å². The van der Waals surface area contributed by atoms with E-state index in [2.05, 4.69) is 4.98 Å². The zero-order valence-electron chi connectivity index (χ0n) is 14.9. The van der Waals surface area contributed by atoms with Crippen LogP contribution in [-0.4, -0.2) is 52.4 Å². The molecule has 0 spiro atoms. The highest BCUT2D eigenvalue weighted by Crippen LogP contribution is 2.31. The van der Waals surface area contributed by atoms with Gasteiger partial charge in [-0.05, 0) is 5.56 Å². The minimum Gasteiger partial charge on any atom is -0.378 e. The lowest BCUT2D eigenvalue weighted by Crippen LogP contribution is -2.41. The summed E-state index contributed by atoms with van der Waals surface area (Å²) in [6, 6.07) is 9.85. The number of thioether (sulfide) groups is 1. The highest BCUT2D eigenvalue weighted by molar-refractivity contribution is 7.99. The summed E-state index contributed by atoms with van der Waals surface area (Å²) in [6.07, 6.45) is 0. The largest absolute Gasteiger partial charge is 0.378 e. The van der Waals surface area contributed by atoms with Gasteiger partial charge in [0.25, 0.3) is 5.56 Å². The van der Waals surface area contributed by atoms with E-state index in [-0.39, 0.29) is 17.2 Å². The average Bonchev–Trinajstić information content (AvgIpc) is 3.14. The third-order valence-electron chi connectivity index (χ3n) is 4.55. The van der Waals surface area contributed by atoms with Gasteiger partial charge in [0, 0.05) is 31.1 Å². The van der Waals surface area contributed by atoms with E-state index >= 15 is 0 Å². The number of carbonyl (C=O) groups excluding carboxylic acids is 1. The van der Waals surface area contributed by atoms with Crippen molar-refractivity contribution in [2.45, 2.75) is 5.16 Å². The Hall–Kier alpha value is -2.16. The summed E-state index contributed by atoms with van der Waals surface area (Å²) in [5.41, 5.74) is 1.83. The van der Waals surface area contributed by atoms with Crippen LogP contribution in [0.1, 0.15) is 0 Å². The highest BCUT2D eigenvalue weighted by atomic mass is 32.2. The SMILES string of the molecule is Cn1c(SCC(=O)N2CCOCC2)nc2scc(-c3ccccc3)c2c1=O. The summed E-state index contributed by atoms with van der Waals surface area (Å²) in [5.74, 6) is 0.316. The molecule has 0 N–H and O–H groups in total. The lowest BCUT2D eigenvalue weighted by molar-refractivity contribution is -0.132. The molecule has 3 aromatic rings. The van der Waals surface area contributed by atoms with Gasteiger partial charge in [0.2, 0.25) is 5.91 Å². The molecular weight excluding hydrogens is 382 g/mol. The number of fused-ring (bicyclic) bond motifs is 1. The molecule has 1 aliphatic heterocycles. The van der Waals surface area contributed by atoms with Crippen molar-refractivity contribution >= 4 is 39.2 Å². The maximum Gasteiger partial charge on any atom is 0.263 e. The second kappa shape index (κ2) is 7.84. The van der Waals surface area contributed by atoms with Crippen LogP contribution in [0.4, 0.5) is 0 Å². The van der Waals surface area contributed by atoms with E-state index < -0.39 is 0 Å². The van der Waals surface area contributed by atoms with Crippen molar-refractivity contribution in [3.8, 4) is 11.1 Å². The van der Waals surface area contributed by atoms with Gasteiger partial charge in [0.1, 0.15) is 4.83 Å². The molecular formula is C19H19N3O3S2. The quantitative estimate of drug-likeness (QED) is 0.497. The molecule has 0 radical (unpaired) electrons. The van der Waals surface area contributed by atoms with E-state index in [1.54, 1.807) is 16.5 Å². The Balaban J connectivity index is 1.61. The summed E-state index contributed by atoms with van der Waals surface area (Å²) in [5, 5.41) is 3.18. The van der Waals surface area contributed by atoms with Crippen LogP contribution in [0.2, 0.25) is 0 Å². The number of hydrogen-bond donors (Lipinski definition) is 0. The number of thiophene rings is 1. The van der Waals surface area contributed by atoms with Gasteiger partial charge in [0.15, 0.2) is 5.16 Å². The molecule has 1 aromatic carbocycles. The lowest BCUT2D eigenvalue weighted by Gasteiger charge is -2.26. The maximum atomic E-state index is 13.0. The summed E-state index contributed by atoms with van der Waals surface area (Å²) in [4.78, 5) is 32.5. The molecule has 1 fully saturated rings. The van der Waals surface area contributed by atoms with Crippen molar-refractivity contribution in [1.29, 1.82) is 0 Å². The monoisotopic (exact) mass is 401 g/mol. The number of nitrogens with zero attached hydrogens (tertiary/aromatic N) is 3. The van der Waals surface area contributed by atoms with Crippen molar-refractivity contribution in [2.75, 3.05) is 32.1 Å². The third kappa shape index (κ3) is 3.65. The molecule has 3 heterocycles. The highest BCUT2D eigenvalue weighted by Gasteiger charge is 2.19. The number of ether oxygens (including phenoxy) is 1. The second-order valence-electron chi connectivity index (χ2n) is 6.24. The van der Waals surface area contributed by atoms with Gasteiger partial charge in [-0.15, -0.1) is 11.3 Å². The zero-order chi connectivity index (χ0) is 18.8. The van der Waals surface area contributed by atoms with E-state index in [1.165, 1.54) is 23.1 Å². The van der Waals surface area contributed by atoms with Crippen LogP contribution in [0.5, 0.6) is 0 Å². The summed E-state index contributed by atoms with van der Waals surface area (Å²) < 4.78 is 6.82. The number of hydrogen-bond acceptors (Lipinski definition) is 6. The first-order valence-electron chi connectivity index (χ1n) is 8.67. The summed E-state index contributed by atoms with van der Waals surface area (Å²) in [7, 11) is 1.71. The Morgan fingerprint density at radius 1 is 1.26 bits per heavy atom. The second-order valence-corrected chi connectivity index (χ2v) is 8.04. The van der Waals surface area contributed by atoms with Crippen LogP contribution in [0, 0.1) is 0 Å². The number of morpholine rings is 1. The zero-order valence-corrected chi connectivity index (χ0v) is 16.5. The third-order valence-corrected chi connectivity index (χ3v) is 6.43. The van der Waals surface area contributed by atoms with Crippen molar-refractivity contribution in [3.63, 3.8) is 0 Å². The van der Waals surface area contributed by atoms with E-state index in [4.69, 9.17) is 4.74 Å². The van der Waals surface area contributed by atoms with E-state index in [9.17, 15) is 9.59 Å². The normalized spacial score (nSPS) is 14.6. The summed E-state index contributed by atoms with van der Waals surface area (Å²) in [6.45, 7) is 2.40. The summed E-state index contributed by atoms with van der Waals surface area (Å²) >= 11 is 2.77. The molecule has 0 unspecified atom stereocenters. The van der Waals surface area contributed by atoms with E-state index in [0.717, 1.165) is 11.1 Å². The van der Waals surface area contributed by atoms with Gasteiger partial charge >= 0.3 is 0 Å². The standard InChI is InChI=1S/C19H19N3O3S2/c1-21-18(24)16-14(13-5-3-2-4-6-13)11-26-17(16)20-19(21)27-12-15(23)22-7-9-25-10-8-22/h2-6,11H,7-10,12H2,1H3. The van der Waals surface area contributed by atoms with Gasteiger partial charge in [-0.1, -0.05) is 42.1 Å². The first-order chi connectivity index (χ1) is 13.1. The van der Waals surface area contributed by atoms with Gasteiger partial charge in [-0.2, -0.15) is 0 Å². The Morgan fingerprint density at radius 3 is 2.74 bits per heavy atom. The molecule has 140 valence electrons. The van der Waals surface area contributed by atoms with Crippen LogP contribution in [0.3, 0.4) is 0 Å². The molecule has 27 heavy (non-hydrogen) atoms. The molecule has 1 aliphatic rings. The Kier molecular flexibility index (Phi) is 5.29. The predicted octanol–water partition coefficient (Wildman–Crippen LogP) is 2.61. The smallest absolute Gasteiger partial charge is 0.263 e. The van der Waals surface area contributed by atoms with Crippen molar-refractivity contribution in [2.24, 2.45) is 7.05 Å². The van der Waals surface area contributed by atoms with Crippen molar-refractivity contribution in [1.82, 2.24) is 14.5 Å². The minimum atomic E-state index is -0.0820. The maximum absolute atomic E-state index is 13.0. The van der Waals surface area contributed by atoms with Crippen molar-refractivity contribution in [3.05, 3.63) is 46.1 Å². The molecule has 0 atom stereocenters. The number of rotatable bonds is 4. The van der Waals surface area contributed by atoms with Gasteiger partial charge in [-0.3, -0.25) is 14.2 Å². The van der Waals surface area contributed by atoms with Crippen LogP contribution >= 0.6 is 23.1 Å². The van der Waals surface area contributed by atoms with Crippen LogP contribution in [0.15, 0.2) is 45.7 Å². The molecule has 2 aromatic heterocycles. The first-order valence-corrected chi connectivity index (χ1v) is 10.5. The van der Waals surface area contributed by atoms with E-state index in [1.807, 2.05) is 35.7 Å². The fourth-order valence-electron chi connectivity index (χ4n) is 3.04. The average molecular weight is 402 g/mol. The molecule has 0 bridgehead atoms. The topological polar surface area (TPSA) is 64.4 Å². The molecule has 0 aliphatic carbocycles. The Morgan fingerprint density at radius 2 is 2.00 bits per heavy atom. The number of aromatic nitrogens is 2. The fourth-order valence-corrected chi connectivity index (χ4v) is 4.91. The van der Waals surface area contributed by atoms with Gasteiger partial charge < -0.3 is 9.64 Å². The molecule has 8 heteroatoms. The van der Waals surface area contributed by atoms with Gasteiger partial charge in [-0.25, -0.2) is 4.98 Å². The van der Waals surface area contributed by atoms with Crippen LogP contribution in [0.25, 0.3) is 21.3 Å². The number of benzene rings is 1. The Bertz CT molecular complexity index is 1020. The van der Waals surface area contributed by atoms with E-state index in [0.29, 0.717) is 41.7 Å². The fraction of sp³-hybridized carbons (Fsp3) is 0.316. The molecule has 4 rings (SSSR count). The minimum absolute atomic E-state index is 0.0498. The molecule has 0 saturated carbocycles. The molecule has 1 amide bonds. The number of carbonyl (C=O) groups is 1. The lowest BCUT2D eigenvalue weighted by atomic mass is 10.1. The molecule has 6 nitrogen and oxygen atoms in total. The van der Waals surface area contributed by atoms with Crippen molar-refractivity contribution < 1.29 is 9.53 Å². The van der Waals surface area contributed by atoms with Crippen LogP contribution in [-0.2, 0) is 16.6 Å².